The number of carboxylic acids is 1. The maximum atomic E-state index is 14.0. The van der Waals surface area contributed by atoms with Gasteiger partial charge in [-0.15, -0.1) is 11.3 Å². The molecule has 59 heavy (non-hydrogen) atoms. The van der Waals surface area contributed by atoms with E-state index in [0.717, 1.165) is 96.9 Å². The Labute approximate surface area is 350 Å². The summed E-state index contributed by atoms with van der Waals surface area (Å²) in [6.45, 7) is 5.39. The second kappa shape index (κ2) is 19.4. The zero-order chi connectivity index (χ0) is 41.3. The minimum atomic E-state index is -0.936. The highest BCUT2D eigenvalue weighted by Gasteiger charge is 2.32. The molecule has 0 bridgehead atoms. The van der Waals surface area contributed by atoms with Gasteiger partial charge in [0.05, 0.1) is 17.0 Å². The fourth-order valence-electron chi connectivity index (χ4n) is 8.37. The number of ether oxygens (including phenoxy) is 1. The van der Waals surface area contributed by atoms with Crippen LogP contribution < -0.4 is 10.6 Å². The zero-order valence-electron chi connectivity index (χ0n) is 33.9. The van der Waals surface area contributed by atoms with Crippen molar-refractivity contribution >= 4 is 45.8 Å². The van der Waals surface area contributed by atoms with Gasteiger partial charge in [0.25, 0.3) is 11.8 Å². The Hall–Kier alpha value is -5.58. The van der Waals surface area contributed by atoms with Gasteiger partial charge in [-0.25, -0.2) is 4.79 Å². The molecule has 2 aliphatic carbocycles. The van der Waals surface area contributed by atoms with Gasteiger partial charge in [-0.1, -0.05) is 66.7 Å². The van der Waals surface area contributed by atoms with Crippen LogP contribution in [0, 0.1) is 5.92 Å². The molecule has 4 aromatic carbocycles. The molecule has 0 radical (unpaired) electrons. The summed E-state index contributed by atoms with van der Waals surface area (Å²) in [5.41, 5.74) is 7.27. The van der Waals surface area contributed by atoms with Crippen molar-refractivity contribution in [3.8, 4) is 0 Å². The summed E-state index contributed by atoms with van der Waals surface area (Å²) in [7, 11) is 0. The van der Waals surface area contributed by atoms with E-state index in [0.29, 0.717) is 41.0 Å². The number of nitrogens with one attached hydrogen (secondary N) is 2. The number of carboxylic acid groups (broad SMARTS) is 1. The average molecular weight is 812 g/mol. The largest absolute Gasteiger partial charge is 0.478 e. The summed E-state index contributed by atoms with van der Waals surface area (Å²) >= 11 is 1.51. The molecule has 1 saturated carbocycles. The molecule has 0 atom stereocenters. The third-order valence-corrected chi connectivity index (χ3v) is 12.9. The Kier molecular flexibility index (Phi) is 13.7. The smallest absolute Gasteiger partial charge is 0.335 e. The fourth-order valence-corrected chi connectivity index (χ4v) is 9.65. The Bertz CT molecular complexity index is 2240. The number of carbonyl (C=O) groups is 4. The van der Waals surface area contributed by atoms with Crippen molar-refractivity contribution in [1.82, 2.24) is 4.90 Å². The van der Waals surface area contributed by atoms with Gasteiger partial charge in [0.15, 0.2) is 0 Å². The Morgan fingerprint density at radius 3 is 2.07 bits per heavy atom. The number of aromatic carboxylic acids is 1. The lowest BCUT2D eigenvalue weighted by Crippen LogP contribution is -2.42. The SMILES string of the molecule is CC(C)N(Cc1cccc(C(=O)Nc2sc3c(c2C(=O)Nc2ccc(CCc4ccc(C(=O)O)cc4)cc2)CCCC3)c1)[C@H]1CC[C@@H](C(=O)OCc2ccccc2)CC1. The topological polar surface area (TPSA) is 125 Å². The predicted molar refractivity (Wildman–Crippen MR) is 233 cm³/mol. The number of hydrogen-bond donors (Lipinski definition) is 3. The lowest BCUT2D eigenvalue weighted by atomic mass is 9.84. The van der Waals surface area contributed by atoms with Crippen LogP contribution in [0.3, 0.4) is 0 Å². The molecule has 1 heterocycles. The highest BCUT2D eigenvalue weighted by molar-refractivity contribution is 7.17. The molecule has 9 nitrogen and oxygen atoms in total. The molecule has 306 valence electrons. The fraction of sp³-hybridized carbons (Fsp3) is 0.347. The second-order valence-corrected chi connectivity index (χ2v) is 17.2. The van der Waals surface area contributed by atoms with Gasteiger partial charge < -0.3 is 20.5 Å². The molecule has 1 aromatic heterocycles. The van der Waals surface area contributed by atoms with Crippen LogP contribution in [0.25, 0.3) is 0 Å². The van der Waals surface area contributed by atoms with Crippen LogP contribution in [-0.2, 0) is 48.4 Å². The number of fused-ring (bicyclic) bond motifs is 1. The van der Waals surface area contributed by atoms with E-state index < -0.39 is 5.97 Å². The molecule has 2 aliphatic rings. The van der Waals surface area contributed by atoms with Crippen molar-refractivity contribution in [3.05, 3.63) is 153 Å². The van der Waals surface area contributed by atoms with Crippen LogP contribution in [0.2, 0.25) is 0 Å². The number of amides is 2. The van der Waals surface area contributed by atoms with Crippen molar-refractivity contribution in [2.75, 3.05) is 10.6 Å². The number of benzene rings is 4. The van der Waals surface area contributed by atoms with Crippen molar-refractivity contribution in [1.29, 1.82) is 0 Å². The summed E-state index contributed by atoms with van der Waals surface area (Å²) < 4.78 is 5.66. The minimum absolute atomic E-state index is 0.0821. The van der Waals surface area contributed by atoms with Gasteiger partial charge in [0, 0.05) is 34.8 Å². The molecular weight excluding hydrogens is 759 g/mol. The molecule has 0 unspecified atom stereocenters. The molecule has 7 rings (SSSR count). The average Bonchev–Trinajstić information content (AvgIpc) is 3.63. The molecule has 0 aliphatic heterocycles. The van der Waals surface area contributed by atoms with E-state index >= 15 is 0 Å². The normalized spacial score (nSPS) is 16.3. The predicted octanol–water partition coefficient (Wildman–Crippen LogP) is 10.1. The summed E-state index contributed by atoms with van der Waals surface area (Å²) in [6, 6.07) is 32.9. The Morgan fingerprint density at radius 1 is 0.729 bits per heavy atom. The Balaban J connectivity index is 0.966. The quantitative estimate of drug-likeness (QED) is 0.0899. The van der Waals surface area contributed by atoms with Crippen LogP contribution in [0.4, 0.5) is 10.7 Å². The van der Waals surface area contributed by atoms with E-state index in [4.69, 9.17) is 9.84 Å². The van der Waals surface area contributed by atoms with Crippen LogP contribution >= 0.6 is 11.3 Å². The molecule has 5 aromatic rings. The van der Waals surface area contributed by atoms with E-state index in [9.17, 15) is 19.2 Å². The van der Waals surface area contributed by atoms with Gasteiger partial charge >= 0.3 is 11.9 Å². The Morgan fingerprint density at radius 2 is 1.39 bits per heavy atom. The zero-order valence-corrected chi connectivity index (χ0v) is 34.7. The number of rotatable bonds is 15. The molecule has 0 saturated heterocycles. The maximum Gasteiger partial charge on any atom is 0.335 e. The van der Waals surface area contributed by atoms with Gasteiger partial charge in [0.2, 0.25) is 0 Å². The monoisotopic (exact) mass is 811 g/mol. The summed E-state index contributed by atoms with van der Waals surface area (Å²) in [5, 5.41) is 16.0. The van der Waals surface area contributed by atoms with E-state index in [1.807, 2.05) is 84.9 Å². The number of thiophene rings is 1. The number of nitrogens with zero attached hydrogens (tertiary/aromatic N) is 1. The molecule has 10 heteroatoms. The molecule has 3 N–H and O–H groups in total. The number of carbonyl (C=O) groups excluding carboxylic acids is 3. The lowest BCUT2D eigenvalue weighted by molar-refractivity contribution is -0.151. The summed E-state index contributed by atoms with van der Waals surface area (Å²) in [5.74, 6) is -1.60. The van der Waals surface area contributed by atoms with Crippen molar-refractivity contribution in [2.24, 2.45) is 5.92 Å². The summed E-state index contributed by atoms with van der Waals surface area (Å²) in [4.78, 5) is 55.6. The molecule has 0 spiro atoms. The highest BCUT2D eigenvalue weighted by atomic mass is 32.1. The van der Waals surface area contributed by atoms with Crippen molar-refractivity contribution < 1.29 is 29.0 Å². The maximum absolute atomic E-state index is 14.0. The van der Waals surface area contributed by atoms with Crippen LogP contribution in [-0.4, -0.2) is 45.8 Å². The highest BCUT2D eigenvalue weighted by Crippen LogP contribution is 2.39. The molecule has 2 amide bonds. The number of hydrogen-bond acceptors (Lipinski definition) is 7. The molecular formula is C49H53N3O6S. The third-order valence-electron chi connectivity index (χ3n) is 11.7. The van der Waals surface area contributed by atoms with Gasteiger partial charge in [-0.3, -0.25) is 19.3 Å². The van der Waals surface area contributed by atoms with E-state index in [1.54, 1.807) is 12.1 Å². The van der Waals surface area contributed by atoms with Gasteiger partial charge in [-0.05, 0) is 142 Å². The summed E-state index contributed by atoms with van der Waals surface area (Å²) in [6.07, 6.45) is 8.71. The number of esters is 1. The van der Waals surface area contributed by atoms with E-state index in [2.05, 4.69) is 35.4 Å². The standard InChI is InChI=1S/C49H53N3O6S/c1-32(2)52(41-27-23-38(24-28-41)49(57)58-31-35-9-4-3-5-10-35)30-36-11-8-12-39(29-36)45(53)51-47-44(42-13-6-7-14-43(42)59-47)46(54)50-40-25-19-34(20-26-40)16-15-33-17-21-37(22-18-33)48(55)56/h3-5,8-12,17-22,25-26,29,32,38,41H,6-7,13-16,23-24,27-28,30-31H2,1-2H3,(H,50,54)(H,51,53)(H,55,56)/t38-,41+. The van der Waals surface area contributed by atoms with E-state index in [1.165, 1.54) is 11.3 Å². The van der Waals surface area contributed by atoms with Gasteiger partial charge in [-0.2, -0.15) is 0 Å². The first kappa shape index (κ1) is 41.6. The van der Waals surface area contributed by atoms with Gasteiger partial charge in [0.1, 0.15) is 11.6 Å². The first-order valence-corrected chi connectivity index (χ1v) is 21.7. The van der Waals surface area contributed by atoms with Crippen molar-refractivity contribution in [2.45, 2.75) is 103 Å². The number of anilines is 2. The first-order valence-electron chi connectivity index (χ1n) is 20.8. The third kappa shape index (κ3) is 10.7. The van der Waals surface area contributed by atoms with Crippen LogP contribution in [0.5, 0.6) is 0 Å². The van der Waals surface area contributed by atoms with E-state index in [-0.39, 0.29) is 35.3 Å². The van der Waals surface area contributed by atoms with Crippen LogP contribution in [0.15, 0.2) is 103 Å². The number of aryl methyl sites for hydroxylation is 3. The molecule has 1 fully saturated rings. The second-order valence-electron chi connectivity index (χ2n) is 16.1. The van der Waals surface area contributed by atoms with Crippen molar-refractivity contribution in [3.63, 3.8) is 0 Å². The minimum Gasteiger partial charge on any atom is -0.478 e. The lowest BCUT2D eigenvalue weighted by Gasteiger charge is -2.39. The van der Waals surface area contributed by atoms with Crippen LogP contribution in [0.1, 0.15) is 116 Å². The first-order chi connectivity index (χ1) is 28.6.